The van der Waals surface area contributed by atoms with Crippen LogP contribution in [0.25, 0.3) is 0 Å². The van der Waals surface area contributed by atoms with Crippen molar-refractivity contribution in [3.63, 3.8) is 0 Å². The number of anilines is 1. The normalized spacial score (nSPS) is 12.4. The van der Waals surface area contributed by atoms with E-state index in [1.165, 1.54) is 5.56 Å². The largest absolute Gasteiger partial charge is 0.353 e. The molecule has 2 heterocycles. The van der Waals surface area contributed by atoms with Crippen LogP contribution in [-0.4, -0.2) is 36.3 Å². The molecule has 1 unspecified atom stereocenters. The van der Waals surface area contributed by atoms with E-state index in [9.17, 15) is 0 Å². The van der Waals surface area contributed by atoms with Crippen LogP contribution in [0, 0.1) is 0 Å². The predicted octanol–water partition coefficient (Wildman–Crippen LogP) is 2.43. The number of pyridine rings is 1. The Morgan fingerprint density at radius 1 is 1.32 bits per heavy atom. The molecule has 0 aliphatic carbocycles. The lowest BCUT2D eigenvalue weighted by atomic mass is 10.1. The zero-order valence-electron chi connectivity index (χ0n) is 11.4. The molecular formula is C12H17N5S2. The Labute approximate surface area is 121 Å². The van der Waals surface area contributed by atoms with Gasteiger partial charge in [0.1, 0.15) is 5.03 Å². The summed E-state index contributed by atoms with van der Waals surface area (Å²) in [5.41, 5.74) is 1.18. The van der Waals surface area contributed by atoms with Crippen LogP contribution in [0.2, 0.25) is 0 Å². The van der Waals surface area contributed by atoms with Crippen molar-refractivity contribution >= 4 is 28.2 Å². The lowest BCUT2D eigenvalue weighted by molar-refractivity contribution is 0.648. The third-order valence-electron chi connectivity index (χ3n) is 2.66. The van der Waals surface area contributed by atoms with Gasteiger partial charge in [-0.15, -0.1) is 10.2 Å². The van der Waals surface area contributed by atoms with E-state index in [4.69, 9.17) is 0 Å². The summed E-state index contributed by atoms with van der Waals surface area (Å²) in [5, 5.41) is 13.3. The SMILES string of the molecule is CNC(C)c1ccc(Sc2nnc(N(C)C)s2)nc1. The maximum atomic E-state index is 4.45. The molecule has 0 aliphatic heterocycles. The van der Waals surface area contributed by atoms with Crippen molar-refractivity contribution in [1.29, 1.82) is 0 Å². The van der Waals surface area contributed by atoms with Crippen molar-refractivity contribution in [2.75, 3.05) is 26.0 Å². The van der Waals surface area contributed by atoms with E-state index in [0.717, 1.165) is 14.5 Å². The maximum Gasteiger partial charge on any atom is 0.208 e. The second-order valence-electron chi connectivity index (χ2n) is 4.29. The summed E-state index contributed by atoms with van der Waals surface area (Å²) in [7, 11) is 5.86. The number of hydrogen-bond donors (Lipinski definition) is 1. The van der Waals surface area contributed by atoms with E-state index in [2.05, 4.69) is 33.5 Å². The standard InChI is InChI=1S/C12H17N5S2/c1-8(13-2)9-5-6-10(14-7-9)18-12-16-15-11(19-12)17(3)4/h5-8,13H,1-4H3. The molecule has 19 heavy (non-hydrogen) atoms. The number of nitrogens with one attached hydrogen (secondary N) is 1. The molecule has 7 heteroatoms. The van der Waals surface area contributed by atoms with Crippen LogP contribution in [0.5, 0.6) is 0 Å². The second-order valence-corrected chi connectivity index (χ2v) is 6.51. The van der Waals surface area contributed by atoms with Crippen molar-refractivity contribution in [1.82, 2.24) is 20.5 Å². The van der Waals surface area contributed by atoms with Crippen LogP contribution in [0.1, 0.15) is 18.5 Å². The molecule has 0 bridgehead atoms. The monoisotopic (exact) mass is 295 g/mol. The highest BCUT2D eigenvalue weighted by Crippen LogP contribution is 2.31. The minimum Gasteiger partial charge on any atom is -0.353 e. The third kappa shape index (κ3) is 3.65. The Kier molecular flexibility index (Phi) is 4.73. The zero-order chi connectivity index (χ0) is 13.8. The number of nitrogens with zero attached hydrogens (tertiary/aromatic N) is 4. The van der Waals surface area contributed by atoms with E-state index < -0.39 is 0 Å². The van der Waals surface area contributed by atoms with Gasteiger partial charge in [-0.3, -0.25) is 0 Å². The van der Waals surface area contributed by atoms with E-state index in [0.29, 0.717) is 6.04 Å². The molecule has 5 nitrogen and oxygen atoms in total. The van der Waals surface area contributed by atoms with Gasteiger partial charge in [0.05, 0.1) is 0 Å². The van der Waals surface area contributed by atoms with Gasteiger partial charge in [-0.1, -0.05) is 17.4 Å². The molecule has 0 aromatic carbocycles. The van der Waals surface area contributed by atoms with Crippen LogP contribution in [0.4, 0.5) is 5.13 Å². The van der Waals surface area contributed by atoms with E-state index in [1.54, 1.807) is 23.1 Å². The van der Waals surface area contributed by atoms with Crippen LogP contribution in [0.15, 0.2) is 27.7 Å². The lowest BCUT2D eigenvalue weighted by Gasteiger charge is -2.09. The number of aromatic nitrogens is 3. The Morgan fingerprint density at radius 3 is 2.63 bits per heavy atom. The Morgan fingerprint density at radius 2 is 2.11 bits per heavy atom. The first-order valence-corrected chi connectivity index (χ1v) is 7.55. The van der Waals surface area contributed by atoms with E-state index in [1.807, 2.05) is 38.3 Å². The number of rotatable bonds is 5. The predicted molar refractivity (Wildman–Crippen MR) is 80.1 cm³/mol. The van der Waals surface area contributed by atoms with Gasteiger partial charge in [-0.25, -0.2) is 4.98 Å². The molecule has 0 fully saturated rings. The molecule has 0 radical (unpaired) electrons. The van der Waals surface area contributed by atoms with Gasteiger partial charge in [0.15, 0.2) is 4.34 Å². The van der Waals surface area contributed by atoms with Gasteiger partial charge >= 0.3 is 0 Å². The first-order valence-electron chi connectivity index (χ1n) is 5.92. The van der Waals surface area contributed by atoms with Crippen molar-refractivity contribution in [3.05, 3.63) is 23.9 Å². The van der Waals surface area contributed by atoms with Crippen molar-refractivity contribution in [2.45, 2.75) is 22.3 Å². The zero-order valence-corrected chi connectivity index (χ0v) is 13.0. The fourth-order valence-corrected chi connectivity index (χ4v) is 3.04. The fraction of sp³-hybridized carbons (Fsp3) is 0.417. The van der Waals surface area contributed by atoms with Gasteiger partial charge in [0.25, 0.3) is 0 Å². The molecule has 2 aromatic rings. The highest BCUT2D eigenvalue weighted by atomic mass is 32.2. The molecule has 0 spiro atoms. The van der Waals surface area contributed by atoms with E-state index >= 15 is 0 Å². The minimum absolute atomic E-state index is 0.313. The molecule has 1 N–H and O–H groups in total. The highest BCUT2D eigenvalue weighted by Gasteiger charge is 2.09. The average Bonchev–Trinajstić information content (AvgIpc) is 2.87. The molecule has 0 saturated heterocycles. The third-order valence-corrected chi connectivity index (χ3v) is 4.76. The van der Waals surface area contributed by atoms with Crippen LogP contribution in [0.3, 0.4) is 0 Å². The Balaban J connectivity index is 2.06. The van der Waals surface area contributed by atoms with Gasteiger partial charge < -0.3 is 10.2 Å². The van der Waals surface area contributed by atoms with Gasteiger partial charge in [0, 0.05) is 26.3 Å². The van der Waals surface area contributed by atoms with Gasteiger partial charge in [0.2, 0.25) is 5.13 Å². The number of hydrogen-bond acceptors (Lipinski definition) is 7. The molecule has 0 aliphatic rings. The first kappa shape index (κ1) is 14.2. The Hall–Kier alpha value is -1.18. The molecular weight excluding hydrogens is 278 g/mol. The summed E-state index contributed by atoms with van der Waals surface area (Å²) in [6, 6.07) is 4.42. The summed E-state index contributed by atoms with van der Waals surface area (Å²) in [6.45, 7) is 2.11. The second kappa shape index (κ2) is 6.31. The molecule has 0 saturated carbocycles. The summed E-state index contributed by atoms with van der Waals surface area (Å²) < 4.78 is 0.908. The van der Waals surface area contributed by atoms with Gasteiger partial charge in [-0.05, 0) is 37.4 Å². The summed E-state index contributed by atoms with van der Waals surface area (Å²) >= 11 is 3.11. The Bertz CT molecular complexity index is 523. The summed E-state index contributed by atoms with van der Waals surface area (Å²) in [6.07, 6.45) is 1.90. The lowest BCUT2D eigenvalue weighted by Crippen LogP contribution is -2.12. The molecule has 1 atom stereocenters. The molecule has 2 aromatic heterocycles. The van der Waals surface area contributed by atoms with Crippen molar-refractivity contribution < 1.29 is 0 Å². The topological polar surface area (TPSA) is 53.9 Å². The summed E-state index contributed by atoms with van der Waals surface area (Å²) in [4.78, 5) is 6.40. The first-order chi connectivity index (χ1) is 9.10. The minimum atomic E-state index is 0.313. The highest BCUT2D eigenvalue weighted by molar-refractivity contribution is 8.01. The van der Waals surface area contributed by atoms with Crippen molar-refractivity contribution in [2.24, 2.45) is 0 Å². The van der Waals surface area contributed by atoms with E-state index in [-0.39, 0.29) is 0 Å². The van der Waals surface area contributed by atoms with Crippen LogP contribution >= 0.6 is 23.1 Å². The molecule has 2 rings (SSSR count). The van der Waals surface area contributed by atoms with Crippen LogP contribution < -0.4 is 10.2 Å². The smallest absolute Gasteiger partial charge is 0.208 e. The average molecular weight is 295 g/mol. The molecule has 0 amide bonds. The van der Waals surface area contributed by atoms with Crippen LogP contribution in [-0.2, 0) is 0 Å². The quantitative estimate of drug-likeness (QED) is 0.914. The fourth-order valence-electron chi connectivity index (χ4n) is 1.39. The van der Waals surface area contributed by atoms with Gasteiger partial charge in [-0.2, -0.15) is 0 Å². The maximum absolute atomic E-state index is 4.45. The van der Waals surface area contributed by atoms with Crippen molar-refractivity contribution in [3.8, 4) is 0 Å². The molecule has 102 valence electrons. The summed E-state index contributed by atoms with van der Waals surface area (Å²) in [5.74, 6) is 0.